The third kappa shape index (κ3) is 2.44. The Morgan fingerprint density at radius 2 is 1.90 bits per heavy atom. The van der Waals surface area contributed by atoms with Crippen LogP contribution in [0.25, 0.3) is 0 Å². The summed E-state index contributed by atoms with van der Waals surface area (Å²) in [4.78, 5) is 0. The van der Waals surface area contributed by atoms with Gasteiger partial charge in [-0.15, -0.1) is 0 Å². The second-order valence-corrected chi connectivity index (χ2v) is 5.57. The first kappa shape index (κ1) is 13.2. The topological polar surface area (TPSA) is 29.5 Å². The third-order valence-corrected chi connectivity index (χ3v) is 4.19. The van der Waals surface area contributed by atoms with E-state index >= 15 is 0 Å². The lowest BCUT2D eigenvalue weighted by Crippen LogP contribution is -2.01. The Balaban J connectivity index is 1.76. The highest BCUT2D eigenvalue weighted by molar-refractivity contribution is 5.40. The molecule has 104 valence electrons. The van der Waals surface area contributed by atoms with Crippen molar-refractivity contribution < 1.29 is 9.84 Å². The van der Waals surface area contributed by atoms with Gasteiger partial charge in [0, 0.05) is 0 Å². The molecule has 20 heavy (non-hydrogen) atoms. The molecule has 0 heterocycles. The molecular weight excluding hydrogens is 248 g/mol. The molecule has 0 unspecified atom stereocenters. The quantitative estimate of drug-likeness (QED) is 0.916. The van der Waals surface area contributed by atoms with Crippen molar-refractivity contribution in [3.05, 3.63) is 64.2 Å². The van der Waals surface area contributed by atoms with Gasteiger partial charge in [-0.05, 0) is 66.6 Å². The largest absolute Gasteiger partial charge is 0.489 e. The van der Waals surface area contributed by atoms with Gasteiger partial charge in [0.05, 0.1) is 6.10 Å². The zero-order valence-corrected chi connectivity index (χ0v) is 12.0. The average Bonchev–Trinajstić information content (AvgIpc) is 2.79. The number of fused-ring (bicyclic) bond motifs is 1. The van der Waals surface area contributed by atoms with Crippen LogP contribution in [0.3, 0.4) is 0 Å². The molecule has 0 radical (unpaired) electrons. The molecule has 0 aromatic heterocycles. The number of rotatable bonds is 3. The third-order valence-electron chi connectivity index (χ3n) is 4.19. The van der Waals surface area contributed by atoms with Crippen molar-refractivity contribution in [3.63, 3.8) is 0 Å². The van der Waals surface area contributed by atoms with E-state index in [1.54, 1.807) is 0 Å². The Kier molecular flexibility index (Phi) is 3.49. The average molecular weight is 268 g/mol. The van der Waals surface area contributed by atoms with Gasteiger partial charge in [0.25, 0.3) is 0 Å². The molecule has 2 aromatic carbocycles. The van der Waals surface area contributed by atoms with Gasteiger partial charge in [0.15, 0.2) is 0 Å². The second-order valence-electron chi connectivity index (χ2n) is 5.57. The number of hydrogen-bond acceptors (Lipinski definition) is 2. The number of aliphatic hydroxyl groups excluding tert-OH is 1. The van der Waals surface area contributed by atoms with E-state index in [0.29, 0.717) is 6.61 Å². The van der Waals surface area contributed by atoms with Gasteiger partial charge in [-0.2, -0.15) is 0 Å². The van der Waals surface area contributed by atoms with Crippen LogP contribution in [0.2, 0.25) is 0 Å². The van der Waals surface area contributed by atoms with Gasteiger partial charge in [-0.3, -0.25) is 0 Å². The van der Waals surface area contributed by atoms with Crippen LogP contribution < -0.4 is 4.74 Å². The van der Waals surface area contributed by atoms with Crippen LogP contribution in [-0.2, 0) is 13.0 Å². The fraction of sp³-hybridized carbons (Fsp3) is 0.333. The molecule has 0 saturated heterocycles. The number of hydrogen-bond donors (Lipinski definition) is 1. The molecule has 0 bridgehead atoms. The van der Waals surface area contributed by atoms with Crippen molar-refractivity contribution in [3.8, 4) is 5.75 Å². The maximum Gasteiger partial charge on any atom is 0.120 e. The standard InChI is InChI=1S/C18H20O2/c1-12-4-3-5-13(2)17(12)11-20-15-7-8-16-14(10-15)6-9-18(16)19/h3-5,7-8,10,18-19H,6,9,11H2,1-2H3/t18-/m0/s1. The summed E-state index contributed by atoms with van der Waals surface area (Å²) in [5.74, 6) is 0.889. The lowest BCUT2D eigenvalue weighted by Gasteiger charge is -2.12. The minimum atomic E-state index is -0.294. The molecule has 0 amide bonds. The molecule has 1 aliphatic carbocycles. The van der Waals surface area contributed by atoms with Crippen LogP contribution in [-0.4, -0.2) is 5.11 Å². The first-order valence-electron chi connectivity index (χ1n) is 7.14. The molecule has 0 spiro atoms. The number of aryl methyl sites for hydroxylation is 3. The molecule has 3 rings (SSSR count). The predicted octanol–water partition coefficient (Wildman–Crippen LogP) is 3.86. The van der Waals surface area contributed by atoms with Crippen LogP contribution in [0.4, 0.5) is 0 Å². The SMILES string of the molecule is Cc1cccc(C)c1COc1ccc2c(c1)CC[C@@H]2O. The molecular formula is C18H20O2. The van der Waals surface area contributed by atoms with Crippen molar-refractivity contribution in [2.24, 2.45) is 0 Å². The zero-order chi connectivity index (χ0) is 14.1. The van der Waals surface area contributed by atoms with E-state index < -0.39 is 0 Å². The summed E-state index contributed by atoms with van der Waals surface area (Å²) in [6.07, 6.45) is 1.48. The van der Waals surface area contributed by atoms with Crippen molar-refractivity contribution in [2.75, 3.05) is 0 Å². The normalized spacial score (nSPS) is 17.1. The van der Waals surface area contributed by atoms with Gasteiger partial charge < -0.3 is 9.84 Å². The summed E-state index contributed by atoms with van der Waals surface area (Å²) >= 11 is 0. The second kappa shape index (κ2) is 5.29. The highest BCUT2D eigenvalue weighted by Gasteiger charge is 2.20. The molecule has 2 aromatic rings. The van der Waals surface area contributed by atoms with E-state index in [9.17, 15) is 5.11 Å². The Labute approximate surface area is 120 Å². The van der Waals surface area contributed by atoms with Crippen molar-refractivity contribution in [1.82, 2.24) is 0 Å². The summed E-state index contributed by atoms with van der Waals surface area (Å²) in [6.45, 7) is 4.83. The van der Waals surface area contributed by atoms with Crippen molar-refractivity contribution in [2.45, 2.75) is 39.4 Å². The number of ether oxygens (including phenoxy) is 1. The predicted molar refractivity (Wildman–Crippen MR) is 80.0 cm³/mol. The maximum absolute atomic E-state index is 9.81. The minimum Gasteiger partial charge on any atom is -0.489 e. The van der Waals surface area contributed by atoms with E-state index in [1.807, 2.05) is 12.1 Å². The number of benzene rings is 2. The molecule has 0 saturated carbocycles. The molecule has 0 aliphatic heterocycles. The van der Waals surface area contributed by atoms with Crippen molar-refractivity contribution >= 4 is 0 Å². The Bertz CT molecular complexity index is 611. The molecule has 1 atom stereocenters. The van der Waals surface area contributed by atoms with Gasteiger partial charge in [-0.25, -0.2) is 0 Å². The van der Waals surface area contributed by atoms with Gasteiger partial charge in [-0.1, -0.05) is 24.3 Å². The van der Waals surface area contributed by atoms with E-state index in [0.717, 1.165) is 24.2 Å². The van der Waals surface area contributed by atoms with E-state index in [1.165, 1.54) is 22.3 Å². The highest BCUT2D eigenvalue weighted by atomic mass is 16.5. The molecule has 2 heteroatoms. The highest BCUT2D eigenvalue weighted by Crippen LogP contribution is 2.33. The first-order chi connectivity index (χ1) is 9.65. The summed E-state index contributed by atoms with van der Waals surface area (Å²) in [7, 11) is 0. The van der Waals surface area contributed by atoms with E-state index in [-0.39, 0.29) is 6.10 Å². The first-order valence-corrected chi connectivity index (χ1v) is 7.14. The molecule has 0 fully saturated rings. The van der Waals surface area contributed by atoms with Gasteiger partial charge in [0.1, 0.15) is 12.4 Å². The Morgan fingerprint density at radius 3 is 2.65 bits per heavy atom. The smallest absolute Gasteiger partial charge is 0.120 e. The molecule has 1 N–H and O–H groups in total. The monoisotopic (exact) mass is 268 g/mol. The maximum atomic E-state index is 9.81. The van der Waals surface area contributed by atoms with Crippen molar-refractivity contribution in [1.29, 1.82) is 0 Å². The van der Waals surface area contributed by atoms with Crippen LogP contribution in [0.1, 0.15) is 40.3 Å². The van der Waals surface area contributed by atoms with Gasteiger partial charge >= 0.3 is 0 Å². The van der Waals surface area contributed by atoms with Crippen LogP contribution in [0, 0.1) is 13.8 Å². The van der Waals surface area contributed by atoms with Crippen LogP contribution in [0.15, 0.2) is 36.4 Å². The minimum absolute atomic E-state index is 0.294. The fourth-order valence-electron chi connectivity index (χ4n) is 2.89. The fourth-order valence-corrected chi connectivity index (χ4v) is 2.89. The molecule has 1 aliphatic rings. The van der Waals surface area contributed by atoms with Gasteiger partial charge in [0.2, 0.25) is 0 Å². The Morgan fingerprint density at radius 1 is 1.15 bits per heavy atom. The zero-order valence-electron chi connectivity index (χ0n) is 12.0. The lowest BCUT2D eigenvalue weighted by molar-refractivity contribution is 0.180. The van der Waals surface area contributed by atoms with E-state index in [4.69, 9.17) is 4.74 Å². The molecule has 2 nitrogen and oxygen atoms in total. The van der Waals surface area contributed by atoms with Crippen LogP contribution in [0.5, 0.6) is 5.75 Å². The lowest BCUT2D eigenvalue weighted by atomic mass is 10.0. The van der Waals surface area contributed by atoms with E-state index in [2.05, 4.69) is 38.1 Å². The summed E-state index contributed by atoms with van der Waals surface area (Å²) in [5, 5.41) is 9.81. The summed E-state index contributed by atoms with van der Waals surface area (Å²) in [5.41, 5.74) is 6.07. The van der Waals surface area contributed by atoms with Crippen LogP contribution >= 0.6 is 0 Å². The number of aliphatic hydroxyl groups is 1. The Hall–Kier alpha value is -1.80. The summed E-state index contributed by atoms with van der Waals surface area (Å²) in [6, 6.07) is 12.3. The summed E-state index contributed by atoms with van der Waals surface area (Å²) < 4.78 is 5.93.